The van der Waals surface area contributed by atoms with Crippen molar-refractivity contribution in [2.75, 3.05) is 0 Å². The van der Waals surface area contributed by atoms with Crippen molar-refractivity contribution in [3.8, 4) is 11.3 Å². The Hall–Kier alpha value is -2.46. The third-order valence-corrected chi connectivity index (χ3v) is 5.34. The summed E-state index contributed by atoms with van der Waals surface area (Å²) in [6, 6.07) is 10.6. The summed E-state index contributed by atoms with van der Waals surface area (Å²) >= 11 is 0. The van der Waals surface area contributed by atoms with Gasteiger partial charge in [-0.25, -0.2) is 4.98 Å². The van der Waals surface area contributed by atoms with Gasteiger partial charge in [0.2, 0.25) is 0 Å². The molecule has 0 saturated carbocycles. The molecule has 3 unspecified atom stereocenters. The third-order valence-electron chi connectivity index (χ3n) is 5.34. The van der Waals surface area contributed by atoms with E-state index in [4.69, 9.17) is 0 Å². The first-order valence-electron chi connectivity index (χ1n) is 8.06. The van der Waals surface area contributed by atoms with Crippen molar-refractivity contribution in [1.29, 1.82) is 0 Å². The predicted molar refractivity (Wildman–Crippen MR) is 86.8 cm³/mol. The Bertz CT molecular complexity index is 886. The fourth-order valence-electron chi connectivity index (χ4n) is 4.29. The topological polar surface area (TPSA) is 50.9 Å². The number of hydrogen-bond donors (Lipinski definition) is 1. The molecule has 3 atom stereocenters. The van der Waals surface area contributed by atoms with Crippen LogP contribution in [0.25, 0.3) is 11.3 Å². The van der Waals surface area contributed by atoms with Gasteiger partial charge in [-0.05, 0) is 35.6 Å². The van der Waals surface area contributed by atoms with Crippen LogP contribution in [0.1, 0.15) is 35.3 Å². The van der Waals surface area contributed by atoms with E-state index in [2.05, 4.69) is 38.8 Å². The van der Waals surface area contributed by atoms with E-state index in [0.717, 1.165) is 24.1 Å². The lowest BCUT2D eigenvalue weighted by Gasteiger charge is -2.35. The normalized spacial score (nSPS) is 24.8. The van der Waals surface area contributed by atoms with Gasteiger partial charge < -0.3 is 9.67 Å². The molecule has 23 heavy (non-hydrogen) atoms. The Morgan fingerprint density at radius 1 is 1.04 bits per heavy atom. The number of rotatable bonds is 1. The molecule has 2 aromatic heterocycles. The van der Waals surface area contributed by atoms with E-state index >= 15 is 0 Å². The van der Waals surface area contributed by atoms with Crippen LogP contribution < -0.4 is 0 Å². The second-order valence-electron chi connectivity index (χ2n) is 6.44. The first-order valence-corrected chi connectivity index (χ1v) is 8.06. The molecule has 114 valence electrons. The number of aryl methyl sites for hydroxylation is 1. The molecular weight excluding hydrogens is 286 g/mol. The summed E-state index contributed by atoms with van der Waals surface area (Å²) in [6.07, 6.45) is 8.94. The molecule has 1 aliphatic carbocycles. The van der Waals surface area contributed by atoms with E-state index in [1.165, 1.54) is 16.7 Å². The summed E-state index contributed by atoms with van der Waals surface area (Å²) in [5, 5.41) is 11.0. The minimum Gasteiger partial charge on any atom is -0.388 e. The van der Waals surface area contributed by atoms with Crippen LogP contribution in [0.3, 0.4) is 0 Å². The van der Waals surface area contributed by atoms with Gasteiger partial charge in [0.25, 0.3) is 0 Å². The number of benzene rings is 1. The molecule has 3 heterocycles. The lowest BCUT2D eigenvalue weighted by Crippen LogP contribution is -2.28. The number of pyridine rings is 1. The second-order valence-corrected chi connectivity index (χ2v) is 6.44. The number of hydrogen-bond acceptors (Lipinski definition) is 3. The molecule has 1 N–H and O–H groups in total. The fraction of sp³-hybridized carbons (Fsp3) is 0.263. The van der Waals surface area contributed by atoms with Crippen molar-refractivity contribution in [1.82, 2.24) is 14.5 Å². The molecule has 1 aromatic carbocycles. The summed E-state index contributed by atoms with van der Waals surface area (Å²) in [7, 11) is 0. The third kappa shape index (κ3) is 1.75. The van der Waals surface area contributed by atoms with Crippen LogP contribution in [-0.4, -0.2) is 19.6 Å². The molecule has 0 amide bonds. The second kappa shape index (κ2) is 4.77. The molecule has 0 bridgehead atoms. The SMILES string of the molecule is OC1c2ccncc2CCC1C1c2ccccc2-c2cncn21. The molecule has 0 radical (unpaired) electrons. The maximum atomic E-state index is 11.0. The zero-order chi connectivity index (χ0) is 15.4. The number of aliphatic hydroxyl groups is 1. The molecule has 0 fully saturated rings. The first-order chi connectivity index (χ1) is 11.3. The summed E-state index contributed by atoms with van der Waals surface area (Å²) < 4.78 is 2.23. The van der Waals surface area contributed by atoms with Crippen molar-refractivity contribution in [3.63, 3.8) is 0 Å². The standard InChI is InChI=1S/C19H17N3O/c23-19-13-7-8-20-9-12(13)5-6-16(19)18-15-4-2-1-3-14(15)17-10-21-11-22(17)18/h1-4,7-11,16,18-19,23H,5-6H2. The van der Waals surface area contributed by atoms with Gasteiger partial charge in [0.15, 0.2) is 0 Å². The zero-order valence-electron chi connectivity index (χ0n) is 12.6. The molecule has 5 rings (SSSR count). The fourth-order valence-corrected chi connectivity index (χ4v) is 4.29. The summed E-state index contributed by atoms with van der Waals surface area (Å²) in [5.41, 5.74) is 5.89. The number of aliphatic hydroxyl groups excluding tert-OH is 1. The van der Waals surface area contributed by atoms with Gasteiger partial charge in [0, 0.05) is 23.9 Å². The Balaban J connectivity index is 1.64. The van der Waals surface area contributed by atoms with Crippen molar-refractivity contribution >= 4 is 0 Å². The minimum absolute atomic E-state index is 0.153. The largest absolute Gasteiger partial charge is 0.388 e. The molecule has 2 aliphatic rings. The lowest BCUT2D eigenvalue weighted by atomic mass is 9.76. The number of nitrogens with zero attached hydrogens (tertiary/aromatic N) is 3. The van der Waals surface area contributed by atoms with Gasteiger partial charge in [-0.1, -0.05) is 24.3 Å². The van der Waals surface area contributed by atoms with E-state index in [9.17, 15) is 5.11 Å². The highest BCUT2D eigenvalue weighted by atomic mass is 16.3. The van der Waals surface area contributed by atoms with Gasteiger partial charge in [0.1, 0.15) is 0 Å². The first kappa shape index (κ1) is 13.0. The van der Waals surface area contributed by atoms with Crippen LogP contribution in [0.5, 0.6) is 0 Å². The zero-order valence-corrected chi connectivity index (χ0v) is 12.6. The van der Waals surface area contributed by atoms with Crippen LogP contribution in [0.2, 0.25) is 0 Å². The molecule has 0 spiro atoms. The Kier molecular flexibility index (Phi) is 2.70. The predicted octanol–water partition coefficient (Wildman–Crippen LogP) is 3.14. The quantitative estimate of drug-likeness (QED) is 0.751. The summed E-state index contributed by atoms with van der Waals surface area (Å²) in [6.45, 7) is 0. The van der Waals surface area contributed by atoms with Crippen molar-refractivity contribution < 1.29 is 5.11 Å². The monoisotopic (exact) mass is 303 g/mol. The van der Waals surface area contributed by atoms with Gasteiger partial charge in [-0.15, -0.1) is 0 Å². The number of aromatic nitrogens is 3. The molecular formula is C19H17N3O. The molecule has 1 aliphatic heterocycles. The van der Waals surface area contributed by atoms with E-state index in [1.807, 2.05) is 24.8 Å². The molecule has 0 saturated heterocycles. The molecule has 4 heteroatoms. The van der Waals surface area contributed by atoms with Crippen LogP contribution in [0.4, 0.5) is 0 Å². The van der Waals surface area contributed by atoms with Crippen molar-refractivity contribution in [2.24, 2.45) is 5.92 Å². The average Bonchev–Trinajstić information content (AvgIpc) is 3.17. The Morgan fingerprint density at radius 2 is 1.96 bits per heavy atom. The maximum absolute atomic E-state index is 11.0. The van der Waals surface area contributed by atoms with Crippen LogP contribution >= 0.6 is 0 Å². The molecule has 4 nitrogen and oxygen atoms in total. The van der Waals surface area contributed by atoms with E-state index in [-0.39, 0.29) is 12.0 Å². The summed E-state index contributed by atoms with van der Waals surface area (Å²) in [4.78, 5) is 8.52. The van der Waals surface area contributed by atoms with Gasteiger partial charge in [-0.2, -0.15) is 0 Å². The van der Waals surface area contributed by atoms with E-state index < -0.39 is 6.10 Å². The highest BCUT2D eigenvalue weighted by Gasteiger charge is 2.40. The van der Waals surface area contributed by atoms with Gasteiger partial charge in [-0.3, -0.25) is 4.98 Å². The average molecular weight is 303 g/mol. The smallest absolute Gasteiger partial charge is 0.0956 e. The van der Waals surface area contributed by atoms with Gasteiger partial charge >= 0.3 is 0 Å². The minimum atomic E-state index is -0.465. The van der Waals surface area contributed by atoms with E-state index in [1.54, 1.807) is 6.20 Å². The molecule has 3 aromatic rings. The van der Waals surface area contributed by atoms with E-state index in [0.29, 0.717) is 0 Å². The van der Waals surface area contributed by atoms with Crippen LogP contribution in [0, 0.1) is 5.92 Å². The maximum Gasteiger partial charge on any atom is 0.0956 e. The Morgan fingerprint density at radius 3 is 2.91 bits per heavy atom. The highest BCUT2D eigenvalue weighted by Crippen LogP contribution is 2.49. The number of fused-ring (bicyclic) bond motifs is 4. The summed E-state index contributed by atoms with van der Waals surface area (Å²) in [5.74, 6) is 0.154. The van der Waals surface area contributed by atoms with Gasteiger partial charge in [0.05, 0.1) is 30.4 Å². The Labute approximate surface area is 134 Å². The lowest BCUT2D eigenvalue weighted by molar-refractivity contribution is 0.0718. The van der Waals surface area contributed by atoms with Crippen molar-refractivity contribution in [2.45, 2.75) is 25.0 Å². The van der Waals surface area contributed by atoms with Crippen LogP contribution in [-0.2, 0) is 6.42 Å². The van der Waals surface area contributed by atoms with Crippen molar-refractivity contribution in [3.05, 3.63) is 71.9 Å². The number of imidazole rings is 1. The van der Waals surface area contributed by atoms with Crippen LogP contribution in [0.15, 0.2) is 55.2 Å². The highest BCUT2D eigenvalue weighted by molar-refractivity contribution is 5.69.